The van der Waals surface area contributed by atoms with Gasteiger partial charge in [0.15, 0.2) is 0 Å². The fraction of sp³-hybridized carbons (Fsp3) is 0.250. The van der Waals surface area contributed by atoms with Gasteiger partial charge in [0.25, 0.3) is 0 Å². The molecule has 15 heavy (non-hydrogen) atoms. The summed E-state index contributed by atoms with van der Waals surface area (Å²) < 4.78 is 73.2. The average Bonchev–Trinajstić information content (AvgIpc) is 1.99. The summed E-state index contributed by atoms with van der Waals surface area (Å²) in [4.78, 5) is 0. The van der Waals surface area contributed by atoms with Crippen molar-refractivity contribution in [2.24, 2.45) is 0 Å². The molecule has 0 amide bonds. The lowest BCUT2D eigenvalue weighted by molar-refractivity contribution is -0.142. The van der Waals surface area contributed by atoms with Gasteiger partial charge in [-0.05, 0) is 13.9 Å². The molecule has 0 N–H and O–H groups in total. The fourth-order valence-electron chi connectivity index (χ4n) is 0.799. The summed E-state index contributed by atoms with van der Waals surface area (Å²) in [6.45, 7) is 0. The Kier molecular flexibility index (Phi) is 2.76. The molecule has 0 nitrogen and oxygen atoms in total. The minimum absolute atomic E-state index is 0.144. The van der Waals surface area contributed by atoms with Gasteiger partial charge in [0.05, 0.1) is 11.1 Å². The third kappa shape index (κ3) is 2.90. The molecule has 1 aromatic carbocycles. The fourth-order valence-corrected chi connectivity index (χ4v) is 0.799. The van der Waals surface area contributed by atoms with Crippen LogP contribution in [-0.4, -0.2) is 7.85 Å². The molecule has 0 atom stereocenters. The first kappa shape index (κ1) is 11.9. The van der Waals surface area contributed by atoms with Crippen molar-refractivity contribution in [3.05, 3.63) is 29.3 Å². The molecule has 0 aromatic heterocycles. The molecule has 0 aliphatic carbocycles. The number of hydrogen-bond donors (Lipinski definition) is 0. The van der Waals surface area contributed by atoms with Gasteiger partial charge in [-0.2, -0.15) is 26.3 Å². The van der Waals surface area contributed by atoms with Crippen LogP contribution in [0.4, 0.5) is 26.3 Å². The predicted molar refractivity (Wildman–Crippen MR) is 46.0 cm³/mol. The molecule has 0 bridgehead atoms. The molecule has 0 saturated carbocycles. The predicted octanol–water partition coefficient (Wildman–Crippen LogP) is 1.71. The highest BCUT2D eigenvalue weighted by Crippen LogP contribution is 2.34. The van der Waals surface area contributed by atoms with Crippen LogP contribution < -0.4 is 5.46 Å². The summed E-state index contributed by atoms with van der Waals surface area (Å²) in [6, 6.07) is 1.72. The van der Waals surface area contributed by atoms with Crippen molar-refractivity contribution in [3.8, 4) is 0 Å². The second-order valence-electron chi connectivity index (χ2n) is 2.51. The third-order valence-corrected chi connectivity index (χ3v) is 1.44. The SMILES string of the molecule is [BH3-]c1cc(C(F)(F)F)cc(C(F)(F)F)c1. The Morgan fingerprint density at radius 3 is 1.33 bits per heavy atom. The monoisotopic (exact) mass is 227 g/mol. The van der Waals surface area contributed by atoms with Crippen LogP contribution in [0.15, 0.2) is 18.2 Å². The molecule has 7 heteroatoms. The van der Waals surface area contributed by atoms with Crippen molar-refractivity contribution in [1.82, 2.24) is 0 Å². The summed E-state index contributed by atoms with van der Waals surface area (Å²) in [7, 11) is -0.699. The lowest BCUT2D eigenvalue weighted by Crippen LogP contribution is -2.16. The Morgan fingerprint density at radius 2 is 1.07 bits per heavy atom. The van der Waals surface area contributed by atoms with E-state index in [2.05, 4.69) is 0 Å². The van der Waals surface area contributed by atoms with Gasteiger partial charge in [0, 0.05) is 0 Å². The van der Waals surface area contributed by atoms with E-state index in [0.29, 0.717) is 0 Å². The van der Waals surface area contributed by atoms with Gasteiger partial charge in [-0.3, -0.25) is 0 Å². The lowest BCUT2D eigenvalue weighted by atomic mass is 9.91. The number of hydrogen-bond acceptors (Lipinski definition) is 0. The van der Waals surface area contributed by atoms with Gasteiger partial charge >= 0.3 is 12.4 Å². The van der Waals surface area contributed by atoms with Crippen LogP contribution in [0, 0.1) is 0 Å². The molecule has 84 valence electrons. The van der Waals surface area contributed by atoms with Crippen molar-refractivity contribution in [2.45, 2.75) is 12.4 Å². The first-order valence-electron chi connectivity index (χ1n) is 3.37. The van der Waals surface area contributed by atoms with Crippen molar-refractivity contribution in [2.75, 3.05) is 0 Å². The summed E-state index contributed by atoms with van der Waals surface area (Å²) in [5, 5.41) is 0. The highest BCUT2D eigenvalue weighted by atomic mass is 19.4. The van der Waals surface area contributed by atoms with Crippen LogP contribution in [-0.2, 0) is 12.4 Å². The van der Waals surface area contributed by atoms with Gasteiger partial charge < -0.3 is 0 Å². The molecule has 0 heterocycles. The van der Waals surface area contributed by atoms with E-state index in [-0.39, 0.29) is 11.5 Å². The highest BCUT2D eigenvalue weighted by Gasteiger charge is 2.35. The third-order valence-electron chi connectivity index (χ3n) is 1.44. The van der Waals surface area contributed by atoms with Gasteiger partial charge in [-0.1, -0.05) is 12.1 Å². The second kappa shape index (κ2) is 3.46. The molecule has 0 spiro atoms. The minimum Gasteiger partial charge on any atom is -0.220 e. The zero-order valence-electron chi connectivity index (χ0n) is 6.50. The van der Waals surface area contributed by atoms with E-state index in [0.717, 1.165) is 12.1 Å². The van der Waals surface area contributed by atoms with E-state index in [4.69, 9.17) is 0 Å². The molecule has 1 rings (SSSR count). The molecule has 0 radical (unpaired) electrons. The van der Waals surface area contributed by atoms with Crippen LogP contribution >= 0.6 is 0 Å². The van der Waals surface area contributed by atoms with Crippen LogP contribution in [0.1, 0.15) is 11.1 Å². The number of halogens is 6. The van der Waals surface area contributed by atoms with Crippen LogP contribution in [0.3, 0.4) is 0 Å². The lowest BCUT2D eigenvalue weighted by Gasteiger charge is -2.14. The molecular formula is C8H6BF6-. The molecule has 0 aliphatic rings. The zero-order chi connectivity index (χ0) is 11.9. The normalized spacial score (nSPS) is 13.0. The van der Waals surface area contributed by atoms with Crippen molar-refractivity contribution < 1.29 is 26.3 Å². The van der Waals surface area contributed by atoms with Gasteiger partial charge in [-0.15, -0.1) is 0 Å². The Balaban J connectivity index is 3.30. The van der Waals surface area contributed by atoms with Crippen LogP contribution in [0.2, 0.25) is 0 Å². The van der Waals surface area contributed by atoms with Gasteiger partial charge in [-0.25, -0.2) is 5.46 Å². The van der Waals surface area contributed by atoms with Crippen molar-refractivity contribution >= 4 is 13.3 Å². The van der Waals surface area contributed by atoms with E-state index < -0.39 is 31.3 Å². The molecule has 0 unspecified atom stereocenters. The van der Waals surface area contributed by atoms with Gasteiger partial charge in [0.1, 0.15) is 0 Å². The van der Waals surface area contributed by atoms with E-state index >= 15 is 0 Å². The summed E-state index contributed by atoms with van der Waals surface area (Å²) >= 11 is 0. The van der Waals surface area contributed by atoms with E-state index in [1.54, 1.807) is 0 Å². The average molecular weight is 227 g/mol. The largest absolute Gasteiger partial charge is 0.416 e. The Morgan fingerprint density at radius 1 is 0.733 bits per heavy atom. The molecule has 0 fully saturated rings. The van der Waals surface area contributed by atoms with E-state index in [1.165, 1.54) is 0 Å². The number of alkyl halides is 6. The maximum Gasteiger partial charge on any atom is 0.416 e. The topological polar surface area (TPSA) is 0 Å². The molecule has 1 aromatic rings. The number of rotatable bonds is 0. The summed E-state index contributed by atoms with van der Waals surface area (Å²) in [5.74, 6) is 0. The summed E-state index contributed by atoms with van der Waals surface area (Å²) in [5.41, 5.74) is -2.26. The van der Waals surface area contributed by atoms with E-state index in [9.17, 15) is 26.3 Å². The van der Waals surface area contributed by atoms with E-state index in [1.807, 2.05) is 0 Å². The smallest absolute Gasteiger partial charge is 0.220 e. The molecule has 0 aliphatic heterocycles. The zero-order valence-corrected chi connectivity index (χ0v) is 6.50. The van der Waals surface area contributed by atoms with Crippen LogP contribution in [0.5, 0.6) is 0 Å². The van der Waals surface area contributed by atoms with Crippen molar-refractivity contribution in [3.63, 3.8) is 0 Å². The summed E-state index contributed by atoms with van der Waals surface area (Å²) in [6.07, 6.45) is -9.44. The quantitative estimate of drug-likeness (QED) is 0.467. The standard InChI is InChI=1S/C8H6BF6/c9-6-2-4(7(10,11)12)1-5(3-6)8(13,14)15/h1-3H,9H3/q-1. The first-order valence-corrected chi connectivity index (χ1v) is 3.37. The van der Waals surface area contributed by atoms with Crippen LogP contribution in [0.25, 0.3) is 0 Å². The molecule has 0 saturated heterocycles. The second-order valence-corrected chi connectivity index (χ2v) is 2.51. The first-order chi connectivity index (χ1) is 6.60. The Bertz CT molecular complexity index is 332. The maximum atomic E-state index is 12.2. The Labute approximate surface area is 82.3 Å². The maximum absolute atomic E-state index is 12.2. The van der Waals surface area contributed by atoms with Crippen molar-refractivity contribution in [1.29, 1.82) is 0 Å². The molecular weight excluding hydrogens is 221 g/mol. The number of benzene rings is 1. The minimum atomic E-state index is -4.72. The van der Waals surface area contributed by atoms with Gasteiger partial charge in [0.2, 0.25) is 0 Å². The highest BCUT2D eigenvalue weighted by molar-refractivity contribution is 6.32. The Hall–Kier alpha value is -1.14.